The summed E-state index contributed by atoms with van der Waals surface area (Å²) in [6.07, 6.45) is 1.11. The van der Waals surface area contributed by atoms with Gasteiger partial charge in [0.05, 0.1) is 0 Å². The van der Waals surface area contributed by atoms with E-state index in [0.29, 0.717) is 24.1 Å². The van der Waals surface area contributed by atoms with Gasteiger partial charge in [-0.05, 0) is 63.4 Å². The van der Waals surface area contributed by atoms with E-state index >= 15 is 0 Å². The van der Waals surface area contributed by atoms with E-state index in [9.17, 15) is 4.39 Å². The molecule has 0 saturated carbocycles. The van der Waals surface area contributed by atoms with Crippen LogP contribution in [0.4, 0.5) is 4.39 Å². The van der Waals surface area contributed by atoms with Gasteiger partial charge in [-0.25, -0.2) is 4.39 Å². The highest BCUT2D eigenvalue weighted by atomic mass is 19.1. The summed E-state index contributed by atoms with van der Waals surface area (Å²) < 4.78 is 13.7. The van der Waals surface area contributed by atoms with Crippen LogP contribution in [0.3, 0.4) is 0 Å². The van der Waals surface area contributed by atoms with E-state index in [0.717, 1.165) is 18.5 Å². The Labute approximate surface area is 109 Å². The Balaban J connectivity index is 2.34. The maximum Gasteiger partial charge on any atom is 0.126 e. The molecule has 2 N–H and O–H groups in total. The van der Waals surface area contributed by atoms with E-state index in [1.165, 1.54) is 0 Å². The summed E-state index contributed by atoms with van der Waals surface area (Å²) >= 11 is 0. The predicted molar refractivity (Wildman–Crippen MR) is 72.9 cm³/mol. The fourth-order valence-corrected chi connectivity index (χ4v) is 2.97. The zero-order valence-corrected chi connectivity index (χ0v) is 11.5. The van der Waals surface area contributed by atoms with Crippen LogP contribution in [-0.2, 0) is 0 Å². The van der Waals surface area contributed by atoms with Gasteiger partial charge in [0.1, 0.15) is 5.82 Å². The summed E-state index contributed by atoms with van der Waals surface area (Å²) in [5.74, 6) is 0.327. The van der Waals surface area contributed by atoms with Gasteiger partial charge in [0.15, 0.2) is 0 Å². The highest BCUT2D eigenvalue weighted by Gasteiger charge is 2.35. The number of hydrogen-bond acceptors (Lipinski definition) is 2. The molecule has 0 radical (unpaired) electrons. The number of hydrogen-bond donors (Lipinski definition) is 1. The third kappa shape index (κ3) is 2.43. The Morgan fingerprint density at radius 3 is 2.72 bits per heavy atom. The van der Waals surface area contributed by atoms with Crippen LogP contribution in [-0.4, -0.2) is 24.0 Å². The maximum absolute atomic E-state index is 13.7. The van der Waals surface area contributed by atoms with Gasteiger partial charge in [0.2, 0.25) is 0 Å². The highest BCUT2D eigenvalue weighted by molar-refractivity contribution is 5.27. The second-order valence-electron chi connectivity index (χ2n) is 5.57. The van der Waals surface area contributed by atoms with Crippen molar-refractivity contribution in [2.45, 2.75) is 39.3 Å². The monoisotopic (exact) mass is 250 g/mol. The van der Waals surface area contributed by atoms with Gasteiger partial charge in [-0.3, -0.25) is 4.90 Å². The SMILES string of the molecule is Cc1ccc(C2C(CN)CCN2C(C)C)cc1F. The number of benzene rings is 1. The van der Waals surface area contributed by atoms with Crippen molar-refractivity contribution in [3.8, 4) is 0 Å². The van der Waals surface area contributed by atoms with Gasteiger partial charge < -0.3 is 5.73 Å². The first kappa shape index (κ1) is 13.5. The third-order valence-corrected chi connectivity index (χ3v) is 4.07. The van der Waals surface area contributed by atoms with Crippen molar-refractivity contribution in [3.63, 3.8) is 0 Å². The quantitative estimate of drug-likeness (QED) is 0.893. The van der Waals surface area contributed by atoms with Crippen molar-refractivity contribution in [1.29, 1.82) is 0 Å². The molecule has 3 heteroatoms. The summed E-state index contributed by atoms with van der Waals surface area (Å²) in [7, 11) is 0. The Kier molecular flexibility index (Phi) is 4.03. The van der Waals surface area contributed by atoms with Gasteiger partial charge in [-0.15, -0.1) is 0 Å². The van der Waals surface area contributed by atoms with Gasteiger partial charge >= 0.3 is 0 Å². The number of nitrogens with two attached hydrogens (primary N) is 1. The van der Waals surface area contributed by atoms with Gasteiger partial charge in [0, 0.05) is 12.1 Å². The van der Waals surface area contributed by atoms with Crippen LogP contribution in [0.15, 0.2) is 18.2 Å². The molecule has 0 bridgehead atoms. The molecule has 1 aliphatic heterocycles. The van der Waals surface area contributed by atoms with Crippen LogP contribution < -0.4 is 5.73 Å². The van der Waals surface area contributed by atoms with Crippen LogP contribution in [0.2, 0.25) is 0 Å². The lowest BCUT2D eigenvalue weighted by molar-refractivity contribution is 0.184. The smallest absolute Gasteiger partial charge is 0.126 e. The molecule has 1 fully saturated rings. The first-order valence-corrected chi connectivity index (χ1v) is 6.76. The lowest BCUT2D eigenvalue weighted by atomic mass is 9.92. The molecule has 1 aromatic carbocycles. The zero-order valence-electron chi connectivity index (χ0n) is 11.5. The molecular weight excluding hydrogens is 227 g/mol. The van der Waals surface area contributed by atoms with Crippen molar-refractivity contribution < 1.29 is 4.39 Å². The van der Waals surface area contributed by atoms with E-state index in [2.05, 4.69) is 18.7 Å². The van der Waals surface area contributed by atoms with Crippen LogP contribution >= 0.6 is 0 Å². The third-order valence-electron chi connectivity index (χ3n) is 4.07. The second-order valence-corrected chi connectivity index (χ2v) is 5.57. The number of nitrogens with zero attached hydrogens (tertiary/aromatic N) is 1. The van der Waals surface area contributed by atoms with Gasteiger partial charge in [0.25, 0.3) is 0 Å². The van der Waals surface area contributed by atoms with E-state index in [1.54, 1.807) is 13.0 Å². The first-order valence-electron chi connectivity index (χ1n) is 6.76. The van der Waals surface area contributed by atoms with Crippen LogP contribution in [0, 0.1) is 18.7 Å². The summed E-state index contributed by atoms with van der Waals surface area (Å²) in [6, 6.07) is 6.34. The standard InChI is InChI=1S/C15H23FN2/c1-10(2)18-7-6-13(9-17)15(18)12-5-4-11(3)14(16)8-12/h4-5,8,10,13,15H,6-7,9,17H2,1-3H3. The fourth-order valence-electron chi connectivity index (χ4n) is 2.97. The van der Waals surface area contributed by atoms with Crippen molar-refractivity contribution in [1.82, 2.24) is 4.90 Å². The number of rotatable bonds is 3. The summed E-state index contributed by atoms with van der Waals surface area (Å²) in [4.78, 5) is 2.43. The first-order chi connectivity index (χ1) is 8.54. The maximum atomic E-state index is 13.7. The lowest BCUT2D eigenvalue weighted by Crippen LogP contribution is -2.33. The molecule has 0 aliphatic carbocycles. The number of likely N-dealkylation sites (tertiary alicyclic amines) is 1. The molecule has 100 valence electrons. The minimum Gasteiger partial charge on any atom is -0.330 e. The van der Waals surface area contributed by atoms with E-state index in [1.807, 2.05) is 12.1 Å². The Hall–Kier alpha value is -0.930. The normalized spacial score (nSPS) is 25.0. The molecule has 1 aliphatic rings. The number of aryl methyl sites for hydroxylation is 1. The molecule has 1 saturated heterocycles. The van der Waals surface area contributed by atoms with Crippen molar-refractivity contribution in [3.05, 3.63) is 35.1 Å². The van der Waals surface area contributed by atoms with Gasteiger partial charge in [-0.2, -0.15) is 0 Å². The average molecular weight is 250 g/mol. The van der Waals surface area contributed by atoms with Crippen LogP contribution in [0.25, 0.3) is 0 Å². The molecule has 2 atom stereocenters. The Morgan fingerprint density at radius 1 is 1.44 bits per heavy atom. The average Bonchev–Trinajstić information content (AvgIpc) is 2.76. The number of halogens is 1. The molecular formula is C15H23FN2. The van der Waals surface area contributed by atoms with E-state index < -0.39 is 0 Å². The lowest BCUT2D eigenvalue weighted by Gasteiger charge is -2.31. The Bertz CT molecular complexity index is 417. The topological polar surface area (TPSA) is 29.3 Å². The molecule has 1 heterocycles. The zero-order chi connectivity index (χ0) is 13.3. The summed E-state index contributed by atoms with van der Waals surface area (Å²) in [5.41, 5.74) is 7.65. The molecule has 2 nitrogen and oxygen atoms in total. The second kappa shape index (κ2) is 5.37. The van der Waals surface area contributed by atoms with Crippen molar-refractivity contribution >= 4 is 0 Å². The minimum absolute atomic E-state index is 0.112. The molecule has 0 aromatic heterocycles. The molecule has 2 rings (SSSR count). The van der Waals surface area contributed by atoms with Crippen molar-refractivity contribution in [2.75, 3.05) is 13.1 Å². The highest BCUT2D eigenvalue weighted by Crippen LogP contribution is 2.38. The minimum atomic E-state index is -0.112. The molecule has 0 amide bonds. The van der Waals surface area contributed by atoms with E-state index in [-0.39, 0.29) is 11.9 Å². The van der Waals surface area contributed by atoms with Crippen LogP contribution in [0.1, 0.15) is 37.4 Å². The fraction of sp³-hybridized carbons (Fsp3) is 0.600. The molecule has 18 heavy (non-hydrogen) atoms. The van der Waals surface area contributed by atoms with Gasteiger partial charge in [-0.1, -0.05) is 12.1 Å². The largest absolute Gasteiger partial charge is 0.330 e. The van der Waals surface area contributed by atoms with Crippen molar-refractivity contribution in [2.24, 2.45) is 11.7 Å². The summed E-state index contributed by atoms with van der Waals surface area (Å²) in [6.45, 7) is 7.91. The molecule has 2 unspecified atom stereocenters. The molecule has 0 spiro atoms. The Morgan fingerprint density at radius 2 is 2.17 bits per heavy atom. The predicted octanol–water partition coefficient (Wildman–Crippen LogP) is 2.86. The summed E-state index contributed by atoms with van der Waals surface area (Å²) in [5, 5.41) is 0. The van der Waals surface area contributed by atoms with E-state index in [4.69, 9.17) is 5.73 Å². The van der Waals surface area contributed by atoms with Crippen LogP contribution in [0.5, 0.6) is 0 Å². The molecule has 1 aromatic rings.